The molecule has 0 saturated carbocycles. The summed E-state index contributed by atoms with van der Waals surface area (Å²) in [6.45, 7) is 2.55. The summed E-state index contributed by atoms with van der Waals surface area (Å²) in [7, 11) is 0. The van der Waals surface area contributed by atoms with Crippen LogP contribution in [0.3, 0.4) is 0 Å². The van der Waals surface area contributed by atoms with Crippen molar-refractivity contribution in [1.29, 1.82) is 0 Å². The second-order valence-electron chi connectivity index (χ2n) is 6.09. The first-order valence-corrected chi connectivity index (χ1v) is 8.68. The number of hydrogen-bond donors (Lipinski definition) is 2. The molecule has 1 saturated heterocycles. The minimum Gasteiger partial charge on any atom is -0.368 e. The number of halogens is 2. The molecule has 26 heavy (non-hydrogen) atoms. The summed E-state index contributed by atoms with van der Waals surface area (Å²) in [4.78, 5) is 22.6. The number of aromatic nitrogens is 2. The van der Waals surface area contributed by atoms with Crippen LogP contribution < -0.4 is 15.5 Å². The molecular weight excluding hydrogens is 340 g/mol. The first kappa shape index (κ1) is 18.0. The molecule has 1 aliphatic rings. The van der Waals surface area contributed by atoms with Crippen LogP contribution in [-0.4, -0.2) is 42.1 Å². The number of anilines is 2. The number of nitrogens with one attached hydrogen (secondary N) is 2. The summed E-state index contributed by atoms with van der Waals surface area (Å²) < 4.78 is 27.1. The molecule has 1 aliphatic heterocycles. The van der Waals surface area contributed by atoms with Crippen LogP contribution in [-0.2, 0) is 0 Å². The van der Waals surface area contributed by atoms with Gasteiger partial charge in [0.15, 0.2) is 0 Å². The molecule has 1 aromatic carbocycles. The normalized spacial score (nSPS) is 14.2. The topological polar surface area (TPSA) is 70.2 Å². The van der Waals surface area contributed by atoms with Gasteiger partial charge in [0.2, 0.25) is 0 Å². The van der Waals surface area contributed by atoms with Gasteiger partial charge in [0, 0.05) is 32.2 Å². The second-order valence-corrected chi connectivity index (χ2v) is 6.09. The Morgan fingerprint density at radius 2 is 1.81 bits per heavy atom. The molecule has 1 fully saturated rings. The number of carbonyl (C=O) groups excluding carboxylic acids is 1. The number of nitrogens with zero attached hydrogens (tertiary/aromatic N) is 3. The standard InChI is InChI=1S/C18H21F2N5O/c19-13-5-4-6-14(20)17(13)18(26)22-8-7-21-15-11-16(24-12-23-15)25-9-2-1-3-10-25/h4-6,11-12H,1-3,7-10H2,(H,22,26)(H,21,23,24). The lowest BCUT2D eigenvalue weighted by atomic mass is 10.1. The maximum atomic E-state index is 13.6. The first-order valence-electron chi connectivity index (χ1n) is 8.68. The summed E-state index contributed by atoms with van der Waals surface area (Å²) in [6, 6.07) is 5.19. The van der Waals surface area contributed by atoms with Crippen molar-refractivity contribution in [3.63, 3.8) is 0 Å². The van der Waals surface area contributed by atoms with Crippen molar-refractivity contribution in [3.05, 3.63) is 47.8 Å². The minimum atomic E-state index is -0.877. The fourth-order valence-corrected chi connectivity index (χ4v) is 2.91. The van der Waals surface area contributed by atoms with E-state index in [1.54, 1.807) is 0 Å². The molecular formula is C18H21F2N5O. The van der Waals surface area contributed by atoms with E-state index in [0.29, 0.717) is 12.4 Å². The zero-order valence-corrected chi connectivity index (χ0v) is 14.3. The summed E-state index contributed by atoms with van der Waals surface area (Å²) in [5, 5.41) is 5.57. The Hall–Kier alpha value is -2.77. The van der Waals surface area contributed by atoms with Gasteiger partial charge in [-0.15, -0.1) is 0 Å². The number of hydrogen-bond acceptors (Lipinski definition) is 5. The lowest BCUT2D eigenvalue weighted by molar-refractivity contribution is 0.0946. The van der Waals surface area contributed by atoms with Crippen molar-refractivity contribution in [2.24, 2.45) is 0 Å². The second kappa shape index (κ2) is 8.55. The van der Waals surface area contributed by atoms with E-state index in [4.69, 9.17) is 0 Å². The number of rotatable bonds is 6. The zero-order chi connectivity index (χ0) is 18.4. The quantitative estimate of drug-likeness (QED) is 0.774. The van der Waals surface area contributed by atoms with Crippen molar-refractivity contribution >= 4 is 17.5 Å². The third-order valence-corrected chi connectivity index (χ3v) is 4.24. The lowest BCUT2D eigenvalue weighted by Crippen LogP contribution is -2.31. The van der Waals surface area contributed by atoms with E-state index in [2.05, 4.69) is 25.5 Å². The molecule has 1 aromatic heterocycles. The van der Waals surface area contributed by atoms with E-state index < -0.39 is 23.1 Å². The summed E-state index contributed by atoms with van der Waals surface area (Å²) in [5.74, 6) is -1.01. The molecule has 2 heterocycles. The van der Waals surface area contributed by atoms with Gasteiger partial charge in [0.25, 0.3) is 5.91 Å². The molecule has 2 N–H and O–H groups in total. The molecule has 0 spiro atoms. The van der Waals surface area contributed by atoms with E-state index in [1.807, 2.05) is 6.07 Å². The predicted octanol–water partition coefficient (Wildman–Crippen LogP) is 2.59. The van der Waals surface area contributed by atoms with Crippen molar-refractivity contribution in [2.45, 2.75) is 19.3 Å². The molecule has 2 aromatic rings. The van der Waals surface area contributed by atoms with Crippen LogP contribution in [0, 0.1) is 11.6 Å². The van der Waals surface area contributed by atoms with Gasteiger partial charge in [-0.3, -0.25) is 4.79 Å². The molecule has 3 rings (SSSR count). The van der Waals surface area contributed by atoms with E-state index in [1.165, 1.54) is 18.8 Å². The Morgan fingerprint density at radius 3 is 2.54 bits per heavy atom. The van der Waals surface area contributed by atoms with Gasteiger partial charge < -0.3 is 15.5 Å². The Balaban J connectivity index is 1.50. The molecule has 0 atom stereocenters. The van der Waals surface area contributed by atoms with Gasteiger partial charge >= 0.3 is 0 Å². The molecule has 8 heteroatoms. The SMILES string of the molecule is O=C(NCCNc1cc(N2CCCCC2)ncn1)c1c(F)cccc1F. The van der Waals surface area contributed by atoms with Gasteiger partial charge in [-0.05, 0) is 31.4 Å². The van der Waals surface area contributed by atoms with Gasteiger partial charge in [-0.1, -0.05) is 6.07 Å². The Bertz CT molecular complexity index is 745. The highest BCUT2D eigenvalue weighted by molar-refractivity contribution is 5.94. The largest absolute Gasteiger partial charge is 0.368 e. The van der Waals surface area contributed by atoms with E-state index in [9.17, 15) is 13.6 Å². The highest BCUT2D eigenvalue weighted by Crippen LogP contribution is 2.19. The van der Waals surface area contributed by atoms with E-state index in [-0.39, 0.29) is 6.54 Å². The summed E-state index contributed by atoms with van der Waals surface area (Å²) in [5.41, 5.74) is -0.568. The van der Waals surface area contributed by atoms with Gasteiger partial charge in [0.05, 0.1) is 0 Å². The minimum absolute atomic E-state index is 0.204. The number of carbonyl (C=O) groups is 1. The molecule has 0 aliphatic carbocycles. The fraction of sp³-hybridized carbons (Fsp3) is 0.389. The molecule has 0 bridgehead atoms. The van der Waals surface area contributed by atoms with Crippen LogP contribution in [0.15, 0.2) is 30.6 Å². The molecule has 138 valence electrons. The van der Waals surface area contributed by atoms with E-state index in [0.717, 1.165) is 43.9 Å². The monoisotopic (exact) mass is 361 g/mol. The first-order chi connectivity index (χ1) is 12.6. The van der Waals surface area contributed by atoms with Crippen LogP contribution in [0.5, 0.6) is 0 Å². The van der Waals surface area contributed by atoms with Crippen molar-refractivity contribution < 1.29 is 13.6 Å². The van der Waals surface area contributed by atoms with Crippen LogP contribution in [0.25, 0.3) is 0 Å². The van der Waals surface area contributed by atoms with Crippen LogP contribution in [0.2, 0.25) is 0 Å². The average molecular weight is 361 g/mol. The average Bonchev–Trinajstić information content (AvgIpc) is 2.66. The predicted molar refractivity (Wildman–Crippen MR) is 95.3 cm³/mol. The number of amides is 1. The number of benzene rings is 1. The van der Waals surface area contributed by atoms with E-state index >= 15 is 0 Å². The summed E-state index contributed by atoms with van der Waals surface area (Å²) >= 11 is 0. The Morgan fingerprint density at radius 1 is 1.08 bits per heavy atom. The molecule has 0 unspecified atom stereocenters. The van der Waals surface area contributed by atoms with Gasteiger partial charge in [0.1, 0.15) is 35.2 Å². The fourth-order valence-electron chi connectivity index (χ4n) is 2.91. The summed E-state index contributed by atoms with van der Waals surface area (Å²) in [6.07, 6.45) is 5.06. The third kappa shape index (κ3) is 4.44. The zero-order valence-electron chi connectivity index (χ0n) is 14.3. The van der Waals surface area contributed by atoms with Gasteiger partial charge in [-0.25, -0.2) is 18.7 Å². The molecule has 6 nitrogen and oxygen atoms in total. The van der Waals surface area contributed by atoms with Crippen LogP contribution in [0.4, 0.5) is 20.4 Å². The Kier molecular flexibility index (Phi) is 5.93. The maximum Gasteiger partial charge on any atom is 0.257 e. The smallest absolute Gasteiger partial charge is 0.257 e. The third-order valence-electron chi connectivity index (χ3n) is 4.24. The Labute approximate surface area is 150 Å². The molecule has 0 radical (unpaired) electrons. The maximum absolute atomic E-state index is 13.6. The molecule has 1 amide bonds. The van der Waals surface area contributed by atoms with Gasteiger partial charge in [-0.2, -0.15) is 0 Å². The van der Waals surface area contributed by atoms with Crippen molar-refractivity contribution in [1.82, 2.24) is 15.3 Å². The van der Waals surface area contributed by atoms with Crippen LogP contribution in [0.1, 0.15) is 29.6 Å². The lowest BCUT2D eigenvalue weighted by Gasteiger charge is -2.27. The highest BCUT2D eigenvalue weighted by atomic mass is 19.1. The van der Waals surface area contributed by atoms with Crippen LogP contribution >= 0.6 is 0 Å². The van der Waals surface area contributed by atoms with Crippen molar-refractivity contribution in [2.75, 3.05) is 36.4 Å². The highest BCUT2D eigenvalue weighted by Gasteiger charge is 2.16. The van der Waals surface area contributed by atoms with Crippen molar-refractivity contribution in [3.8, 4) is 0 Å². The number of piperidine rings is 1.